The first-order valence-electron chi connectivity index (χ1n) is 6.98. The van der Waals surface area contributed by atoms with Crippen LogP contribution in [-0.2, 0) is 16.8 Å². The monoisotopic (exact) mass is 414 g/mol. The van der Waals surface area contributed by atoms with Crippen LogP contribution in [0.2, 0.25) is 0 Å². The Morgan fingerprint density at radius 3 is 1.82 bits per heavy atom. The fourth-order valence-corrected chi connectivity index (χ4v) is 2.03. The first-order valence-corrected chi connectivity index (χ1v) is 6.98. The minimum atomic E-state index is 0. The molecule has 0 fully saturated rings. The molecule has 1 aromatic rings. The number of pyridine rings is 1. The van der Waals surface area contributed by atoms with Crippen LogP contribution in [0.15, 0.2) is 28.2 Å². The number of nitrogens with zero attached hydrogens (tertiary/aromatic N) is 3. The van der Waals surface area contributed by atoms with E-state index in [9.17, 15) is 0 Å². The zero-order valence-corrected chi connectivity index (χ0v) is 15.7. The van der Waals surface area contributed by atoms with Gasteiger partial charge in [0.2, 0.25) is 0 Å². The van der Waals surface area contributed by atoms with Gasteiger partial charge in [-0.25, -0.2) is 4.98 Å². The second-order valence-corrected chi connectivity index (χ2v) is 4.80. The maximum Gasteiger partial charge on any atom is 2.00 e. The van der Waals surface area contributed by atoms with Crippen molar-refractivity contribution >= 4 is 11.4 Å². The maximum absolute atomic E-state index is 4.65. The fourth-order valence-electron chi connectivity index (χ4n) is 2.03. The normalized spacial score (nSPS) is 15.7. The van der Waals surface area contributed by atoms with Gasteiger partial charge in [0.15, 0.2) is 0 Å². The molecule has 0 amide bonds. The first-order chi connectivity index (χ1) is 9.27. The van der Waals surface area contributed by atoms with Crippen LogP contribution in [0.25, 0.3) is 0 Å². The maximum atomic E-state index is 4.65. The Labute approximate surface area is 153 Å². The summed E-state index contributed by atoms with van der Waals surface area (Å²) in [6, 6.07) is 6.06. The van der Waals surface area contributed by atoms with Crippen LogP contribution in [0.5, 0.6) is 0 Å². The van der Waals surface area contributed by atoms with Gasteiger partial charge in [0.05, 0.1) is 22.8 Å². The van der Waals surface area contributed by atoms with Crippen LogP contribution in [0.3, 0.4) is 0 Å². The molecule has 2 bridgehead atoms. The molecule has 0 saturated heterocycles. The molecule has 0 aliphatic carbocycles. The quantitative estimate of drug-likeness (QED) is 0.546. The van der Waals surface area contributed by atoms with E-state index in [0.29, 0.717) is 0 Å². The number of hydrogen-bond donors (Lipinski definition) is 1. The predicted octanol–water partition coefficient (Wildman–Crippen LogP) is -1.74. The van der Waals surface area contributed by atoms with Crippen molar-refractivity contribution in [1.29, 1.82) is 0 Å². The Kier molecular flexibility index (Phi) is 13.9. The van der Waals surface area contributed by atoms with Gasteiger partial charge in [0.25, 0.3) is 0 Å². The average Bonchev–Trinajstić information content (AvgIpc) is 2.44. The van der Waals surface area contributed by atoms with Crippen molar-refractivity contribution in [2.24, 2.45) is 9.98 Å². The average molecular weight is 415 g/mol. The minimum absolute atomic E-state index is 0. The molecule has 1 radical (unpaired) electrons. The standard InChI is InChI=1S/C15H22N4.BrH.Co.H2O/c1-12-14-6-3-7-15(19-14)13(2)18-11-5-9-16-8-4-10-17-12;;;/h3,6-7,16H,4-5,8-11H2,1-2H3;1H;;1H2/q;;+2;/p-1. The summed E-state index contributed by atoms with van der Waals surface area (Å²) >= 11 is 0. The third-order valence-corrected chi connectivity index (χ3v) is 3.21. The number of fused-ring (bicyclic) bond motifs is 2. The van der Waals surface area contributed by atoms with Gasteiger partial charge in [-0.1, -0.05) is 6.07 Å². The van der Waals surface area contributed by atoms with E-state index in [1.165, 1.54) is 0 Å². The van der Waals surface area contributed by atoms with Gasteiger partial charge in [-0.15, -0.1) is 0 Å². The molecule has 3 N–H and O–H groups in total. The summed E-state index contributed by atoms with van der Waals surface area (Å²) in [6.45, 7) is 7.81. The zero-order valence-electron chi connectivity index (χ0n) is 13.0. The van der Waals surface area contributed by atoms with Gasteiger partial charge >= 0.3 is 16.8 Å². The Balaban J connectivity index is 0. The van der Waals surface area contributed by atoms with Crippen LogP contribution < -0.4 is 22.3 Å². The third kappa shape index (κ3) is 7.60. The predicted molar refractivity (Wildman–Crippen MR) is 84.1 cm³/mol. The third-order valence-electron chi connectivity index (χ3n) is 3.21. The van der Waals surface area contributed by atoms with E-state index in [1.54, 1.807) is 0 Å². The second kappa shape index (κ2) is 12.9. The zero-order chi connectivity index (χ0) is 13.5. The van der Waals surface area contributed by atoms with Crippen molar-refractivity contribution in [1.82, 2.24) is 10.3 Å². The van der Waals surface area contributed by atoms with E-state index in [1.807, 2.05) is 32.0 Å². The molecule has 125 valence electrons. The van der Waals surface area contributed by atoms with E-state index < -0.39 is 0 Å². The van der Waals surface area contributed by atoms with Gasteiger partial charge in [-0.2, -0.15) is 0 Å². The van der Waals surface area contributed by atoms with E-state index >= 15 is 0 Å². The minimum Gasteiger partial charge on any atom is -1.00 e. The summed E-state index contributed by atoms with van der Waals surface area (Å²) in [6.07, 6.45) is 2.14. The molecule has 1 aliphatic heterocycles. The van der Waals surface area contributed by atoms with E-state index in [2.05, 4.69) is 20.3 Å². The summed E-state index contributed by atoms with van der Waals surface area (Å²) < 4.78 is 0. The van der Waals surface area contributed by atoms with Crippen LogP contribution in [-0.4, -0.2) is 48.1 Å². The SMILES string of the molecule is CC1=NCCCNCCCN=C(C)c2cccc1n2.O.[Br-].[Co+2]. The second-order valence-electron chi connectivity index (χ2n) is 4.80. The molecule has 7 heteroatoms. The number of hydrogen-bond acceptors (Lipinski definition) is 4. The molecule has 1 aromatic heterocycles. The fraction of sp³-hybridized carbons (Fsp3) is 0.533. The Bertz CT molecular complexity index is 455. The number of nitrogens with one attached hydrogen (secondary N) is 1. The first kappa shape index (κ1) is 23.7. The molecule has 0 aromatic carbocycles. The molecule has 2 heterocycles. The smallest absolute Gasteiger partial charge is 1.00 e. The Morgan fingerprint density at radius 1 is 0.909 bits per heavy atom. The topological polar surface area (TPSA) is 81.1 Å². The largest absolute Gasteiger partial charge is 2.00 e. The van der Waals surface area contributed by atoms with Crippen LogP contribution in [0.4, 0.5) is 0 Å². The van der Waals surface area contributed by atoms with Crippen LogP contribution >= 0.6 is 0 Å². The molecule has 22 heavy (non-hydrogen) atoms. The van der Waals surface area contributed by atoms with Gasteiger partial charge in [-0.05, 0) is 51.9 Å². The van der Waals surface area contributed by atoms with Crippen molar-refractivity contribution < 1.29 is 39.2 Å². The van der Waals surface area contributed by atoms with Crippen molar-refractivity contribution in [3.8, 4) is 0 Å². The van der Waals surface area contributed by atoms with Gasteiger partial charge in [0.1, 0.15) is 0 Å². The number of aromatic nitrogens is 1. The van der Waals surface area contributed by atoms with E-state index in [0.717, 1.165) is 61.8 Å². The van der Waals surface area contributed by atoms with Gasteiger partial charge in [-0.3, -0.25) is 9.98 Å². The van der Waals surface area contributed by atoms with Gasteiger partial charge < -0.3 is 27.8 Å². The van der Waals surface area contributed by atoms with Crippen LogP contribution in [0, 0.1) is 0 Å². The summed E-state index contributed by atoms with van der Waals surface area (Å²) in [5.41, 5.74) is 3.92. The molecular weight excluding hydrogens is 391 g/mol. The number of halogens is 1. The summed E-state index contributed by atoms with van der Waals surface area (Å²) in [5.74, 6) is 0. The molecule has 1 aliphatic rings. The van der Waals surface area contributed by atoms with Crippen LogP contribution in [0.1, 0.15) is 38.1 Å². The molecule has 0 unspecified atom stereocenters. The van der Waals surface area contributed by atoms with E-state index in [4.69, 9.17) is 0 Å². The molecule has 0 atom stereocenters. The Hall–Kier alpha value is -0.604. The summed E-state index contributed by atoms with van der Waals surface area (Å²) in [4.78, 5) is 13.8. The number of aliphatic imine (C=N–C) groups is 2. The molecule has 0 saturated carbocycles. The molecular formula is C15H24BrCoN4O+. The van der Waals surface area contributed by atoms with Crippen molar-refractivity contribution in [2.75, 3.05) is 26.2 Å². The number of rotatable bonds is 0. The molecule has 5 nitrogen and oxygen atoms in total. The van der Waals surface area contributed by atoms with E-state index in [-0.39, 0.29) is 39.2 Å². The molecule has 0 spiro atoms. The van der Waals surface area contributed by atoms with Gasteiger partial charge in [0, 0.05) is 13.1 Å². The summed E-state index contributed by atoms with van der Waals surface area (Å²) in [7, 11) is 0. The van der Waals surface area contributed by atoms with Crippen molar-refractivity contribution in [3.63, 3.8) is 0 Å². The summed E-state index contributed by atoms with van der Waals surface area (Å²) in [5, 5.41) is 3.42. The van der Waals surface area contributed by atoms with Crippen molar-refractivity contribution in [2.45, 2.75) is 26.7 Å². The van der Waals surface area contributed by atoms with Crippen molar-refractivity contribution in [3.05, 3.63) is 29.6 Å². The molecule has 2 rings (SSSR count). The Morgan fingerprint density at radius 2 is 1.36 bits per heavy atom.